The third-order valence-electron chi connectivity index (χ3n) is 5.40. The van der Waals surface area contributed by atoms with Crippen molar-refractivity contribution in [3.8, 4) is 11.5 Å². The second-order valence-electron chi connectivity index (χ2n) is 7.50. The molecule has 0 aliphatic carbocycles. The Labute approximate surface area is 191 Å². The van der Waals surface area contributed by atoms with Crippen LogP contribution in [0.2, 0.25) is 0 Å². The molecule has 0 fully saturated rings. The maximum Gasteiger partial charge on any atom is 0.200 e. The van der Waals surface area contributed by atoms with Crippen LogP contribution in [0.5, 0.6) is 11.5 Å². The van der Waals surface area contributed by atoms with E-state index in [0.717, 1.165) is 26.5 Å². The molecule has 1 heterocycles. The summed E-state index contributed by atoms with van der Waals surface area (Å²) in [5.74, 6) is 1.44. The zero-order valence-electron chi connectivity index (χ0n) is 17.7. The number of rotatable bonds is 6. The molecular weight excluding hydrogens is 416 g/mol. The maximum absolute atomic E-state index is 12.7. The van der Waals surface area contributed by atoms with Gasteiger partial charge in [0, 0.05) is 10.5 Å². The monoisotopic (exact) mass is 438 g/mol. The van der Waals surface area contributed by atoms with Crippen molar-refractivity contribution < 1.29 is 14.3 Å². The van der Waals surface area contributed by atoms with Gasteiger partial charge < -0.3 is 9.47 Å². The van der Waals surface area contributed by atoms with Crippen molar-refractivity contribution in [2.75, 3.05) is 6.61 Å². The van der Waals surface area contributed by atoms with Crippen molar-refractivity contribution in [2.24, 2.45) is 0 Å². The van der Waals surface area contributed by atoms with Crippen LogP contribution < -0.4 is 9.47 Å². The molecule has 0 spiro atoms. The van der Waals surface area contributed by atoms with E-state index in [-0.39, 0.29) is 5.78 Å². The largest absolute Gasteiger partial charge is 0.490 e. The molecule has 0 saturated heterocycles. The Hall–Kier alpha value is -3.50. The molecule has 1 aliphatic heterocycles. The van der Waals surface area contributed by atoms with Crippen LogP contribution in [0.15, 0.2) is 94.7 Å². The predicted molar refractivity (Wildman–Crippen MR) is 130 cm³/mol. The smallest absolute Gasteiger partial charge is 0.200 e. The normalized spacial score (nSPS) is 14.0. The number of thioether (sulfide) groups is 1. The third kappa shape index (κ3) is 4.02. The van der Waals surface area contributed by atoms with Gasteiger partial charge in [0.15, 0.2) is 11.5 Å². The lowest BCUT2D eigenvalue weighted by Crippen LogP contribution is -2.00. The highest BCUT2D eigenvalue weighted by Gasteiger charge is 2.25. The van der Waals surface area contributed by atoms with Crippen LogP contribution in [0.4, 0.5) is 0 Å². The van der Waals surface area contributed by atoms with Crippen LogP contribution in [-0.2, 0) is 6.61 Å². The topological polar surface area (TPSA) is 35.5 Å². The van der Waals surface area contributed by atoms with E-state index in [4.69, 9.17) is 9.47 Å². The highest BCUT2D eigenvalue weighted by atomic mass is 32.2. The summed E-state index contributed by atoms with van der Waals surface area (Å²) in [6.07, 6.45) is 1.92. The van der Waals surface area contributed by atoms with E-state index < -0.39 is 0 Å². The summed E-state index contributed by atoms with van der Waals surface area (Å²) < 4.78 is 12.0. The number of fused-ring (bicyclic) bond motifs is 2. The van der Waals surface area contributed by atoms with Gasteiger partial charge in [0.05, 0.1) is 11.5 Å². The number of ether oxygens (including phenoxy) is 2. The molecular formula is C28H22O3S. The van der Waals surface area contributed by atoms with Gasteiger partial charge in [-0.25, -0.2) is 0 Å². The minimum Gasteiger partial charge on any atom is -0.490 e. The van der Waals surface area contributed by atoms with Gasteiger partial charge in [-0.3, -0.25) is 4.79 Å². The number of allylic oxidation sites excluding steroid dienone is 1. The highest BCUT2D eigenvalue weighted by Crippen LogP contribution is 2.41. The first-order chi connectivity index (χ1) is 15.7. The summed E-state index contributed by atoms with van der Waals surface area (Å²) in [7, 11) is 0. The summed E-state index contributed by atoms with van der Waals surface area (Å²) in [4.78, 5) is 14.4. The maximum atomic E-state index is 12.7. The van der Waals surface area contributed by atoms with Crippen LogP contribution in [-0.4, -0.2) is 12.4 Å². The molecule has 1 aliphatic rings. The summed E-state index contributed by atoms with van der Waals surface area (Å²) in [5, 5.41) is 2.38. The first-order valence-electron chi connectivity index (χ1n) is 10.6. The van der Waals surface area contributed by atoms with E-state index in [1.165, 1.54) is 22.5 Å². The minimum atomic E-state index is 0.0693. The van der Waals surface area contributed by atoms with Crippen molar-refractivity contribution in [3.63, 3.8) is 0 Å². The fourth-order valence-corrected chi connectivity index (χ4v) is 4.91. The van der Waals surface area contributed by atoms with Gasteiger partial charge in [-0.2, -0.15) is 0 Å². The lowest BCUT2D eigenvalue weighted by molar-refractivity contribution is 0.104. The van der Waals surface area contributed by atoms with Crippen molar-refractivity contribution >= 4 is 34.4 Å². The number of ketones is 1. The number of carbonyl (C=O) groups is 1. The summed E-state index contributed by atoms with van der Waals surface area (Å²) in [6, 6.07) is 28.1. The Balaban J connectivity index is 1.39. The molecule has 4 aromatic rings. The molecule has 3 nitrogen and oxygen atoms in total. The molecule has 0 radical (unpaired) electrons. The second-order valence-corrected chi connectivity index (χ2v) is 8.59. The molecule has 0 atom stereocenters. The van der Waals surface area contributed by atoms with E-state index in [1.807, 2.05) is 73.7 Å². The fourth-order valence-electron chi connectivity index (χ4n) is 3.86. The number of benzene rings is 4. The van der Waals surface area contributed by atoms with Gasteiger partial charge in [0.1, 0.15) is 6.61 Å². The number of hydrogen-bond acceptors (Lipinski definition) is 4. The molecule has 0 saturated carbocycles. The average molecular weight is 439 g/mol. The van der Waals surface area contributed by atoms with Gasteiger partial charge in [0.2, 0.25) is 5.78 Å². The second kappa shape index (κ2) is 8.93. The van der Waals surface area contributed by atoms with Crippen molar-refractivity contribution in [1.82, 2.24) is 0 Å². The van der Waals surface area contributed by atoms with Crippen LogP contribution >= 0.6 is 11.8 Å². The Morgan fingerprint density at radius 2 is 1.66 bits per heavy atom. The Bertz CT molecular complexity index is 1330. The van der Waals surface area contributed by atoms with Gasteiger partial charge in [0.25, 0.3) is 0 Å². The van der Waals surface area contributed by atoms with E-state index in [2.05, 4.69) is 24.3 Å². The molecule has 0 aromatic heterocycles. The fraction of sp³-hybridized carbons (Fsp3) is 0.107. The lowest BCUT2D eigenvalue weighted by Gasteiger charge is -2.14. The van der Waals surface area contributed by atoms with E-state index >= 15 is 0 Å². The van der Waals surface area contributed by atoms with E-state index in [9.17, 15) is 4.79 Å². The SMILES string of the molecule is CCOc1cc(/C=C2\Sc3ccccc3C2=O)ccc1OCc1cccc2ccccc12. The first kappa shape index (κ1) is 20.4. The number of carbonyl (C=O) groups excluding carboxylic acids is 1. The Morgan fingerprint density at radius 3 is 2.53 bits per heavy atom. The summed E-state index contributed by atoms with van der Waals surface area (Å²) in [6.45, 7) is 2.93. The first-order valence-corrected chi connectivity index (χ1v) is 11.4. The summed E-state index contributed by atoms with van der Waals surface area (Å²) >= 11 is 1.51. The predicted octanol–water partition coefficient (Wildman–Crippen LogP) is 7.15. The zero-order valence-corrected chi connectivity index (χ0v) is 18.5. The molecule has 0 bridgehead atoms. The zero-order chi connectivity index (χ0) is 21.9. The number of Topliss-reactive ketones (excluding diaryl/α,β-unsaturated/α-hetero) is 1. The van der Waals surface area contributed by atoms with E-state index in [1.54, 1.807) is 0 Å². The van der Waals surface area contributed by atoms with E-state index in [0.29, 0.717) is 24.7 Å². The van der Waals surface area contributed by atoms with Crippen LogP contribution in [0.1, 0.15) is 28.4 Å². The molecule has 5 rings (SSSR count). The van der Waals surface area contributed by atoms with Crippen LogP contribution in [0.3, 0.4) is 0 Å². The Kier molecular flexibility index (Phi) is 5.70. The molecule has 0 amide bonds. The quantitative estimate of drug-likeness (QED) is 0.300. The van der Waals surface area contributed by atoms with Gasteiger partial charge in [-0.05, 0) is 59.2 Å². The number of hydrogen-bond donors (Lipinski definition) is 0. The highest BCUT2D eigenvalue weighted by molar-refractivity contribution is 8.04. The van der Waals surface area contributed by atoms with Gasteiger partial charge in [-0.1, -0.05) is 72.4 Å². The van der Waals surface area contributed by atoms with Crippen molar-refractivity contribution in [2.45, 2.75) is 18.4 Å². The van der Waals surface area contributed by atoms with Crippen molar-refractivity contribution in [3.05, 3.63) is 107 Å². The average Bonchev–Trinajstić information content (AvgIpc) is 3.14. The lowest BCUT2D eigenvalue weighted by atomic mass is 10.1. The Morgan fingerprint density at radius 1 is 0.844 bits per heavy atom. The molecule has 4 heteroatoms. The van der Waals surface area contributed by atoms with Crippen LogP contribution in [0, 0.1) is 0 Å². The minimum absolute atomic E-state index is 0.0693. The standard InChI is InChI=1S/C28H22O3S/c1-2-30-25-16-19(17-27-28(29)23-12-5-6-13-26(23)32-27)14-15-24(25)31-18-21-10-7-9-20-8-3-4-11-22(20)21/h3-17H,2,18H2,1H3/b27-17-. The molecule has 4 aromatic carbocycles. The van der Waals surface area contributed by atoms with Crippen LogP contribution in [0.25, 0.3) is 16.8 Å². The van der Waals surface area contributed by atoms with Gasteiger partial charge >= 0.3 is 0 Å². The van der Waals surface area contributed by atoms with Gasteiger partial charge in [-0.15, -0.1) is 0 Å². The van der Waals surface area contributed by atoms with Crippen molar-refractivity contribution in [1.29, 1.82) is 0 Å². The molecule has 0 unspecified atom stereocenters. The molecule has 32 heavy (non-hydrogen) atoms. The summed E-state index contributed by atoms with van der Waals surface area (Å²) in [5.41, 5.74) is 2.81. The molecule has 158 valence electrons. The molecule has 0 N–H and O–H groups in total. The third-order valence-corrected chi connectivity index (χ3v) is 6.50.